The van der Waals surface area contributed by atoms with E-state index >= 15 is 0 Å². The number of ether oxygens (including phenoxy) is 1. The Morgan fingerprint density at radius 1 is 1.00 bits per heavy atom. The predicted octanol–water partition coefficient (Wildman–Crippen LogP) is 5.04. The third-order valence-corrected chi connectivity index (χ3v) is 4.70. The van der Waals surface area contributed by atoms with Crippen LogP contribution in [-0.4, -0.2) is 6.61 Å². The first-order chi connectivity index (χ1) is 13.0. The molecule has 0 aliphatic heterocycles. The molecule has 134 valence electrons. The van der Waals surface area contributed by atoms with Gasteiger partial charge in [-0.2, -0.15) is 10.5 Å². The highest BCUT2D eigenvalue weighted by atomic mass is 16.5. The summed E-state index contributed by atoms with van der Waals surface area (Å²) in [6, 6.07) is 23.3. The molecule has 0 aliphatic carbocycles. The summed E-state index contributed by atoms with van der Waals surface area (Å²) in [6.07, 6.45) is 0.876. The van der Waals surface area contributed by atoms with Crippen molar-refractivity contribution in [1.82, 2.24) is 0 Å². The van der Waals surface area contributed by atoms with Crippen molar-refractivity contribution in [3.05, 3.63) is 84.4 Å². The molecule has 0 saturated heterocycles. The second kappa shape index (κ2) is 8.86. The van der Waals surface area contributed by atoms with Gasteiger partial charge in [0, 0.05) is 11.0 Å². The van der Waals surface area contributed by atoms with Gasteiger partial charge < -0.3 is 4.74 Å². The Hall–Kier alpha value is -3.32. The minimum atomic E-state index is -1.44. The van der Waals surface area contributed by atoms with Crippen molar-refractivity contribution < 1.29 is 4.74 Å². The highest BCUT2D eigenvalue weighted by Crippen LogP contribution is 2.50. The van der Waals surface area contributed by atoms with Crippen LogP contribution in [0.3, 0.4) is 0 Å². The van der Waals surface area contributed by atoms with E-state index < -0.39 is 16.9 Å². The fraction of sp³-hybridized carbons (Fsp3) is 0.250. The van der Waals surface area contributed by atoms with Crippen LogP contribution in [0.2, 0.25) is 0 Å². The van der Waals surface area contributed by atoms with Crippen LogP contribution in [0.15, 0.2) is 73.3 Å². The van der Waals surface area contributed by atoms with Gasteiger partial charge in [-0.25, -0.2) is 0 Å². The highest BCUT2D eigenvalue weighted by molar-refractivity contribution is 5.35. The average Bonchev–Trinajstić information content (AvgIpc) is 2.72. The average molecular weight is 354 g/mol. The van der Waals surface area contributed by atoms with Crippen LogP contribution < -0.4 is 0 Å². The zero-order valence-corrected chi connectivity index (χ0v) is 15.6. The molecule has 2 rings (SSSR count). The van der Waals surface area contributed by atoms with E-state index in [1.165, 1.54) is 0 Å². The van der Waals surface area contributed by atoms with Crippen LogP contribution in [0.25, 0.3) is 0 Å². The van der Waals surface area contributed by atoms with Crippen molar-refractivity contribution in [2.45, 2.75) is 20.0 Å². The van der Waals surface area contributed by atoms with Crippen molar-refractivity contribution >= 4 is 0 Å². The third kappa shape index (κ3) is 4.27. The zero-order valence-electron chi connectivity index (χ0n) is 15.6. The first-order valence-corrected chi connectivity index (χ1v) is 8.67. The molecule has 0 amide bonds. The molecule has 0 radical (unpaired) electrons. The van der Waals surface area contributed by atoms with Crippen LogP contribution in [0.5, 0.6) is 0 Å². The van der Waals surface area contributed by atoms with Gasteiger partial charge >= 0.3 is 0 Å². The lowest BCUT2D eigenvalue weighted by atomic mass is 9.62. The molecule has 1 unspecified atom stereocenters. The van der Waals surface area contributed by atoms with E-state index in [0.717, 1.165) is 11.1 Å². The number of rotatable bonds is 6. The van der Waals surface area contributed by atoms with Crippen molar-refractivity contribution in [2.24, 2.45) is 10.8 Å². The monoisotopic (exact) mass is 354 g/mol. The summed E-state index contributed by atoms with van der Waals surface area (Å²) in [5, 5.41) is 19.9. The van der Waals surface area contributed by atoms with Crippen LogP contribution in [-0.2, 0) is 4.74 Å². The number of benzene rings is 2. The molecule has 0 bridgehead atoms. The first kappa shape index (κ1) is 20.0. The van der Waals surface area contributed by atoms with E-state index in [0.29, 0.717) is 0 Å². The van der Waals surface area contributed by atoms with E-state index in [4.69, 9.17) is 4.74 Å². The van der Waals surface area contributed by atoms with Crippen LogP contribution in [0.4, 0.5) is 0 Å². The lowest BCUT2D eigenvalue weighted by Crippen LogP contribution is -2.40. The summed E-state index contributed by atoms with van der Waals surface area (Å²) in [5.41, 5.74) is -0.582. The van der Waals surface area contributed by atoms with Gasteiger partial charge in [-0.15, -0.1) is 6.58 Å². The topological polar surface area (TPSA) is 56.8 Å². The molecule has 0 heterocycles. The Bertz CT molecular complexity index is 892. The number of nitrogens with zero attached hydrogens (tertiary/aromatic N) is 2. The zero-order chi connectivity index (χ0) is 19.8. The van der Waals surface area contributed by atoms with E-state index in [-0.39, 0.29) is 6.61 Å². The number of hydrogen-bond acceptors (Lipinski definition) is 3. The van der Waals surface area contributed by atoms with Crippen LogP contribution in [0, 0.1) is 45.3 Å². The van der Waals surface area contributed by atoms with E-state index in [2.05, 4.69) is 30.6 Å². The van der Waals surface area contributed by atoms with Crippen molar-refractivity contribution in [1.29, 1.82) is 10.5 Å². The maximum absolute atomic E-state index is 9.97. The van der Waals surface area contributed by atoms with Crippen LogP contribution in [0.1, 0.15) is 31.1 Å². The SMILES string of the molecule is C=CC(C)(C)C(C#N)(C#N)C(OCC#Cc1ccccc1)c1ccccc1. The molecule has 27 heavy (non-hydrogen) atoms. The molecule has 0 aromatic heterocycles. The lowest BCUT2D eigenvalue weighted by Gasteiger charge is -2.39. The molecule has 2 aromatic rings. The van der Waals surface area contributed by atoms with Gasteiger partial charge in [0.05, 0.1) is 12.1 Å². The Kier molecular flexibility index (Phi) is 6.56. The molecular weight excluding hydrogens is 332 g/mol. The Balaban J connectivity index is 2.38. The number of hydrogen-bond donors (Lipinski definition) is 0. The molecule has 2 aromatic carbocycles. The van der Waals surface area contributed by atoms with E-state index in [9.17, 15) is 10.5 Å². The fourth-order valence-corrected chi connectivity index (χ4v) is 2.81. The molecule has 0 N–H and O–H groups in total. The summed E-state index contributed by atoms with van der Waals surface area (Å²) in [6.45, 7) is 7.57. The second-order valence-electron chi connectivity index (χ2n) is 6.73. The Morgan fingerprint density at radius 3 is 2.07 bits per heavy atom. The lowest BCUT2D eigenvalue weighted by molar-refractivity contribution is -0.0149. The fourth-order valence-electron chi connectivity index (χ4n) is 2.81. The standard InChI is InChI=1S/C24H22N2O/c1-4-23(2,3)24(18-25,19-26)22(21-15-9-6-10-16-21)27-17-11-14-20-12-7-5-8-13-20/h4-10,12-13,15-16,22H,1,17H2,2-3H3. The van der Waals surface area contributed by atoms with E-state index in [1.54, 1.807) is 6.08 Å². The maximum Gasteiger partial charge on any atom is 0.182 e. The summed E-state index contributed by atoms with van der Waals surface area (Å²) in [7, 11) is 0. The van der Waals surface area contributed by atoms with Gasteiger partial charge in [0.2, 0.25) is 0 Å². The molecule has 0 saturated carbocycles. The highest BCUT2D eigenvalue weighted by Gasteiger charge is 2.52. The Morgan fingerprint density at radius 2 is 1.56 bits per heavy atom. The molecule has 0 spiro atoms. The van der Waals surface area contributed by atoms with Gasteiger partial charge in [-0.05, 0) is 17.7 Å². The summed E-state index contributed by atoms with van der Waals surface area (Å²) in [5.74, 6) is 6.01. The van der Waals surface area contributed by atoms with Gasteiger partial charge in [0.1, 0.15) is 12.7 Å². The normalized spacial score (nSPS) is 12.0. The van der Waals surface area contributed by atoms with Crippen LogP contribution >= 0.6 is 0 Å². The second-order valence-corrected chi connectivity index (χ2v) is 6.73. The van der Waals surface area contributed by atoms with Crippen molar-refractivity contribution in [3.63, 3.8) is 0 Å². The summed E-state index contributed by atoms with van der Waals surface area (Å²) < 4.78 is 6.02. The predicted molar refractivity (Wildman–Crippen MR) is 106 cm³/mol. The van der Waals surface area contributed by atoms with Crippen molar-refractivity contribution in [3.8, 4) is 24.0 Å². The van der Waals surface area contributed by atoms with Gasteiger partial charge in [-0.1, -0.05) is 80.3 Å². The minimum Gasteiger partial charge on any atom is -0.358 e. The molecule has 0 aliphatic rings. The number of nitriles is 2. The molecule has 3 nitrogen and oxygen atoms in total. The van der Waals surface area contributed by atoms with Gasteiger partial charge in [0.15, 0.2) is 5.41 Å². The van der Waals surface area contributed by atoms with Crippen molar-refractivity contribution in [2.75, 3.05) is 6.61 Å². The van der Waals surface area contributed by atoms with Gasteiger partial charge in [-0.3, -0.25) is 0 Å². The largest absolute Gasteiger partial charge is 0.358 e. The maximum atomic E-state index is 9.97. The van der Waals surface area contributed by atoms with Gasteiger partial charge in [0.25, 0.3) is 0 Å². The third-order valence-electron chi connectivity index (χ3n) is 4.70. The molecule has 0 fully saturated rings. The molecule has 1 atom stereocenters. The number of allylic oxidation sites excluding steroid dienone is 1. The van der Waals surface area contributed by atoms with E-state index in [1.807, 2.05) is 74.5 Å². The molecular formula is C24H22N2O. The Labute approximate surface area is 161 Å². The quantitative estimate of drug-likeness (QED) is 0.539. The minimum absolute atomic E-state index is 0.104. The first-order valence-electron chi connectivity index (χ1n) is 8.67. The summed E-state index contributed by atoms with van der Waals surface area (Å²) in [4.78, 5) is 0. The smallest absolute Gasteiger partial charge is 0.182 e. The molecule has 3 heteroatoms. The summed E-state index contributed by atoms with van der Waals surface area (Å²) >= 11 is 0.